The zero-order chi connectivity index (χ0) is 10.6. The zero-order valence-corrected chi connectivity index (χ0v) is 7.58. The monoisotopic (exact) mass is 193 g/mol. The van der Waals surface area contributed by atoms with Crippen molar-refractivity contribution in [2.24, 2.45) is 0 Å². The Morgan fingerprint density at radius 2 is 2.36 bits per heavy atom. The van der Waals surface area contributed by atoms with Gasteiger partial charge in [0.1, 0.15) is 11.6 Å². The SMILES string of the molecule is COc1ccc(F)cc1C(=O)CC#N. The summed E-state index contributed by atoms with van der Waals surface area (Å²) < 4.78 is 17.7. The Labute approximate surface area is 80.7 Å². The molecule has 1 rings (SSSR count). The quantitative estimate of drug-likeness (QED) is 0.689. The summed E-state index contributed by atoms with van der Waals surface area (Å²) in [7, 11) is 1.39. The fourth-order valence-corrected chi connectivity index (χ4v) is 1.07. The van der Waals surface area contributed by atoms with Crippen LogP contribution in [0.25, 0.3) is 0 Å². The van der Waals surface area contributed by atoms with Gasteiger partial charge in [0.05, 0.1) is 25.2 Å². The maximum Gasteiger partial charge on any atom is 0.180 e. The lowest BCUT2D eigenvalue weighted by Crippen LogP contribution is -2.01. The van der Waals surface area contributed by atoms with Gasteiger partial charge in [0.25, 0.3) is 0 Å². The van der Waals surface area contributed by atoms with Crippen molar-refractivity contribution < 1.29 is 13.9 Å². The van der Waals surface area contributed by atoms with E-state index in [1.165, 1.54) is 19.2 Å². The van der Waals surface area contributed by atoms with Crippen LogP contribution in [0.15, 0.2) is 18.2 Å². The van der Waals surface area contributed by atoms with Gasteiger partial charge in [-0.15, -0.1) is 0 Å². The minimum atomic E-state index is -0.521. The van der Waals surface area contributed by atoms with Crippen LogP contribution >= 0.6 is 0 Å². The second-order valence-electron chi connectivity index (χ2n) is 2.60. The number of nitrogens with zero attached hydrogens (tertiary/aromatic N) is 1. The van der Waals surface area contributed by atoms with Gasteiger partial charge in [-0.3, -0.25) is 4.79 Å². The van der Waals surface area contributed by atoms with Crippen LogP contribution in [0.4, 0.5) is 4.39 Å². The van der Waals surface area contributed by atoms with Gasteiger partial charge in [-0.05, 0) is 18.2 Å². The smallest absolute Gasteiger partial charge is 0.180 e. The molecule has 0 aliphatic heterocycles. The number of benzene rings is 1. The van der Waals surface area contributed by atoms with Gasteiger partial charge in [0.15, 0.2) is 5.78 Å². The Morgan fingerprint density at radius 3 is 2.93 bits per heavy atom. The molecule has 0 saturated heterocycles. The molecule has 0 radical (unpaired) electrons. The first kappa shape index (κ1) is 10.2. The second-order valence-corrected chi connectivity index (χ2v) is 2.60. The van der Waals surface area contributed by atoms with Crippen molar-refractivity contribution in [3.8, 4) is 11.8 Å². The molecule has 1 aromatic rings. The van der Waals surface area contributed by atoms with Crippen LogP contribution in [0, 0.1) is 17.1 Å². The van der Waals surface area contributed by atoms with E-state index >= 15 is 0 Å². The van der Waals surface area contributed by atoms with E-state index in [1.54, 1.807) is 6.07 Å². The van der Waals surface area contributed by atoms with Crippen LogP contribution in [-0.2, 0) is 0 Å². The maximum atomic E-state index is 12.8. The van der Waals surface area contributed by atoms with E-state index in [0.717, 1.165) is 6.07 Å². The third-order valence-electron chi connectivity index (χ3n) is 1.70. The Bertz CT molecular complexity index is 396. The number of ketones is 1. The molecule has 1 aromatic carbocycles. The molecule has 4 heteroatoms. The number of halogens is 1. The van der Waals surface area contributed by atoms with Gasteiger partial charge in [-0.2, -0.15) is 5.26 Å². The molecule has 0 fully saturated rings. The number of Topliss-reactive ketones (excluding diaryl/α,β-unsaturated/α-hetero) is 1. The highest BCUT2D eigenvalue weighted by Gasteiger charge is 2.12. The largest absolute Gasteiger partial charge is 0.496 e. The third-order valence-corrected chi connectivity index (χ3v) is 1.70. The number of hydrogen-bond donors (Lipinski definition) is 0. The topological polar surface area (TPSA) is 50.1 Å². The lowest BCUT2D eigenvalue weighted by atomic mass is 10.1. The molecule has 3 nitrogen and oxygen atoms in total. The number of methoxy groups -OCH3 is 1. The maximum absolute atomic E-state index is 12.8. The van der Waals surface area contributed by atoms with Gasteiger partial charge in [0, 0.05) is 0 Å². The van der Waals surface area contributed by atoms with Crippen molar-refractivity contribution in [2.75, 3.05) is 7.11 Å². The second kappa shape index (κ2) is 4.38. The van der Waals surface area contributed by atoms with E-state index in [-0.39, 0.29) is 17.7 Å². The van der Waals surface area contributed by atoms with E-state index in [9.17, 15) is 9.18 Å². The van der Waals surface area contributed by atoms with Crippen LogP contribution in [0.5, 0.6) is 5.75 Å². The molecule has 0 amide bonds. The first-order chi connectivity index (χ1) is 6.69. The van der Waals surface area contributed by atoms with Crippen molar-refractivity contribution in [3.63, 3.8) is 0 Å². The predicted molar refractivity (Wildman–Crippen MR) is 47.5 cm³/mol. The number of nitriles is 1. The third kappa shape index (κ3) is 2.07. The Balaban J connectivity index is 3.11. The predicted octanol–water partition coefficient (Wildman–Crippen LogP) is 1.93. The first-order valence-corrected chi connectivity index (χ1v) is 3.92. The van der Waals surface area contributed by atoms with Crippen LogP contribution in [0.3, 0.4) is 0 Å². The summed E-state index contributed by atoms with van der Waals surface area (Å²) in [6.45, 7) is 0. The summed E-state index contributed by atoms with van der Waals surface area (Å²) in [5.74, 6) is -0.678. The fourth-order valence-electron chi connectivity index (χ4n) is 1.07. The standard InChI is InChI=1S/C10H8FNO2/c1-14-10-3-2-7(11)6-8(10)9(13)4-5-12/h2-3,6H,4H2,1H3. The Hall–Kier alpha value is -1.89. The summed E-state index contributed by atoms with van der Waals surface area (Å²) in [4.78, 5) is 11.3. The van der Waals surface area contributed by atoms with Gasteiger partial charge >= 0.3 is 0 Å². The number of carbonyl (C=O) groups excluding carboxylic acids is 1. The Morgan fingerprint density at radius 1 is 1.64 bits per heavy atom. The molecule has 14 heavy (non-hydrogen) atoms. The molecule has 0 unspecified atom stereocenters. The number of rotatable bonds is 3. The number of ether oxygens (including phenoxy) is 1. The highest BCUT2D eigenvalue weighted by Crippen LogP contribution is 2.20. The molecule has 0 spiro atoms. The highest BCUT2D eigenvalue weighted by molar-refractivity contribution is 5.99. The summed E-state index contributed by atoms with van der Waals surface area (Å²) in [5, 5.41) is 8.33. The number of carbonyl (C=O) groups is 1. The number of hydrogen-bond acceptors (Lipinski definition) is 3. The summed E-state index contributed by atoms with van der Waals surface area (Å²) in [6, 6.07) is 5.33. The molecule has 0 atom stereocenters. The molecule has 0 bridgehead atoms. The normalized spacial score (nSPS) is 9.21. The van der Waals surface area contributed by atoms with E-state index in [2.05, 4.69) is 0 Å². The van der Waals surface area contributed by atoms with E-state index in [0.29, 0.717) is 0 Å². The van der Waals surface area contributed by atoms with Crippen molar-refractivity contribution in [1.29, 1.82) is 5.26 Å². The molecule has 0 aromatic heterocycles. The fraction of sp³-hybridized carbons (Fsp3) is 0.200. The molecule has 0 heterocycles. The van der Waals surface area contributed by atoms with Crippen LogP contribution < -0.4 is 4.74 Å². The van der Waals surface area contributed by atoms with Crippen LogP contribution in [0.1, 0.15) is 16.8 Å². The van der Waals surface area contributed by atoms with E-state index < -0.39 is 11.6 Å². The van der Waals surface area contributed by atoms with E-state index in [1.807, 2.05) is 0 Å². The average molecular weight is 193 g/mol. The minimum Gasteiger partial charge on any atom is -0.496 e. The molecule has 72 valence electrons. The lowest BCUT2D eigenvalue weighted by molar-refractivity contribution is 0.0994. The molecule has 0 aliphatic carbocycles. The van der Waals surface area contributed by atoms with Gasteiger partial charge < -0.3 is 4.74 Å². The van der Waals surface area contributed by atoms with Gasteiger partial charge in [-0.25, -0.2) is 4.39 Å². The molecule has 0 aliphatic rings. The molecular formula is C10H8FNO2. The van der Waals surface area contributed by atoms with Crippen LogP contribution in [-0.4, -0.2) is 12.9 Å². The van der Waals surface area contributed by atoms with Crippen molar-refractivity contribution >= 4 is 5.78 Å². The van der Waals surface area contributed by atoms with Gasteiger partial charge in [-0.1, -0.05) is 0 Å². The molecular weight excluding hydrogens is 185 g/mol. The average Bonchev–Trinajstić information content (AvgIpc) is 2.18. The van der Waals surface area contributed by atoms with Crippen molar-refractivity contribution in [1.82, 2.24) is 0 Å². The first-order valence-electron chi connectivity index (χ1n) is 3.92. The highest BCUT2D eigenvalue weighted by atomic mass is 19.1. The Kier molecular flexibility index (Phi) is 3.19. The lowest BCUT2D eigenvalue weighted by Gasteiger charge is -2.05. The summed E-state index contributed by atoms with van der Waals surface area (Å²) in [5.41, 5.74) is 0.106. The molecule has 0 N–H and O–H groups in total. The molecule has 0 saturated carbocycles. The van der Waals surface area contributed by atoms with Crippen molar-refractivity contribution in [2.45, 2.75) is 6.42 Å². The van der Waals surface area contributed by atoms with Gasteiger partial charge in [0.2, 0.25) is 0 Å². The van der Waals surface area contributed by atoms with E-state index in [4.69, 9.17) is 10.00 Å². The van der Waals surface area contributed by atoms with Crippen molar-refractivity contribution in [3.05, 3.63) is 29.6 Å². The summed E-state index contributed by atoms with van der Waals surface area (Å²) in [6.07, 6.45) is -0.278. The van der Waals surface area contributed by atoms with Crippen LogP contribution in [0.2, 0.25) is 0 Å². The zero-order valence-electron chi connectivity index (χ0n) is 7.58. The summed E-state index contributed by atoms with van der Waals surface area (Å²) >= 11 is 0. The minimum absolute atomic E-state index is 0.106.